The summed E-state index contributed by atoms with van der Waals surface area (Å²) in [6, 6.07) is 9.55. The highest BCUT2D eigenvalue weighted by Gasteiger charge is 2.12. The molecule has 4 aromatic rings. The van der Waals surface area contributed by atoms with Crippen molar-refractivity contribution in [1.82, 2.24) is 30.1 Å². The van der Waals surface area contributed by atoms with E-state index in [2.05, 4.69) is 35.5 Å². The highest BCUT2D eigenvalue weighted by Crippen LogP contribution is 2.27. The second-order valence-corrected chi connectivity index (χ2v) is 4.94. The van der Waals surface area contributed by atoms with Crippen LogP contribution in [-0.2, 0) is 0 Å². The first-order valence-corrected chi connectivity index (χ1v) is 6.91. The van der Waals surface area contributed by atoms with Crippen LogP contribution < -0.4 is 5.32 Å². The smallest absolute Gasteiger partial charge is 0.224 e. The fourth-order valence-corrected chi connectivity index (χ4v) is 2.32. The van der Waals surface area contributed by atoms with Crippen molar-refractivity contribution in [2.45, 2.75) is 0 Å². The molecule has 0 aliphatic rings. The third-order valence-electron chi connectivity index (χ3n) is 3.15. The average Bonchev–Trinajstić information content (AvgIpc) is 3.13. The molecule has 3 N–H and O–H groups in total. The summed E-state index contributed by atoms with van der Waals surface area (Å²) < 4.78 is 0. The minimum Gasteiger partial charge on any atom is -0.337 e. The van der Waals surface area contributed by atoms with Crippen molar-refractivity contribution in [3.63, 3.8) is 0 Å². The Morgan fingerprint density at radius 2 is 2.00 bits per heavy atom. The van der Waals surface area contributed by atoms with Crippen LogP contribution in [0, 0.1) is 0 Å². The summed E-state index contributed by atoms with van der Waals surface area (Å²) in [4.78, 5) is 15.8. The summed E-state index contributed by atoms with van der Waals surface area (Å²) in [6.45, 7) is 0. The number of rotatable bonds is 3. The van der Waals surface area contributed by atoms with E-state index in [0.29, 0.717) is 11.6 Å². The van der Waals surface area contributed by atoms with Gasteiger partial charge in [-0.1, -0.05) is 12.1 Å². The molecule has 3 heterocycles. The summed E-state index contributed by atoms with van der Waals surface area (Å²) >= 11 is 5.79. The zero-order valence-corrected chi connectivity index (χ0v) is 12.0. The van der Waals surface area contributed by atoms with Crippen molar-refractivity contribution in [3.05, 3.63) is 48.0 Å². The number of para-hydroxylation sites is 2. The minimum atomic E-state index is 0.179. The Labute approximate surface area is 129 Å². The SMILES string of the molecule is Clc1nccc(Nc2cn[nH]c2-c2nc3ccccc3[nH]2)n1. The summed E-state index contributed by atoms with van der Waals surface area (Å²) in [5.74, 6) is 1.28. The number of aromatic nitrogens is 6. The summed E-state index contributed by atoms with van der Waals surface area (Å²) in [7, 11) is 0. The predicted molar refractivity (Wildman–Crippen MR) is 84.0 cm³/mol. The molecular weight excluding hydrogens is 302 g/mol. The monoisotopic (exact) mass is 311 g/mol. The molecule has 0 saturated carbocycles. The Morgan fingerprint density at radius 1 is 1.09 bits per heavy atom. The van der Waals surface area contributed by atoms with E-state index >= 15 is 0 Å². The minimum absolute atomic E-state index is 0.179. The molecule has 0 saturated heterocycles. The van der Waals surface area contributed by atoms with Gasteiger partial charge in [0, 0.05) is 6.20 Å². The molecule has 0 fully saturated rings. The van der Waals surface area contributed by atoms with E-state index in [-0.39, 0.29) is 5.28 Å². The van der Waals surface area contributed by atoms with Crippen molar-refractivity contribution >= 4 is 34.1 Å². The normalized spacial score (nSPS) is 11.0. The van der Waals surface area contributed by atoms with E-state index < -0.39 is 0 Å². The van der Waals surface area contributed by atoms with Gasteiger partial charge in [0.25, 0.3) is 0 Å². The first kappa shape index (κ1) is 12.8. The molecule has 1 aromatic carbocycles. The second-order valence-electron chi connectivity index (χ2n) is 4.60. The van der Waals surface area contributed by atoms with Gasteiger partial charge in [0.2, 0.25) is 5.28 Å². The standard InChI is InChI=1S/C14H10ClN7/c15-14-16-6-5-11(21-14)18-10-7-17-22-12(10)13-19-8-3-1-2-4-9(8)20-13/h1-7H,(H,17,22)(H,19,20)(H,16,18,21). The predicted octanol–water partition coefficient (Wildman–Crippen LogP) is 3.14. The molecule has 0 spiro atoms. The summed E-state index contributed by atoms with van der Waals surface area (Å²) in [6.07, 6.45) is 3.25. The molecule has 0 bridgehead atoms. The van der Waals surface area contributed by atoms with Crippen LogP contribution in [0.3, 0.4) is 0 Å². The maximum Gasteiger partial charge on any atom is 0.224 e. The maximum atomic E-state index is 5.79. The number of nitrogens with one attached hydrogen (secondary N) is 3. The fraction of sp³-hybridized carbons (Fsp3) is 0. The molecule has 0 aliphatic carbocycles. The van der Waals surface area contributed by atoms with Gasteiger partial charge in [0.1, 0.15) is 11.5 Å². The number of nitrogens with zero attached hydrogens (tertiary/aromatic N) is 4. The van der Waals surface area contributed by atoms with Gasteiger partial charge in [-0.05, 0) is 29.8 Å². The number of hydrogen-bond donors (Lipinski definition) is 3. The average molecular weight is 312 g/mol. The molecule has 0 radical (unpaired) electrons. The first-order chi connectivity index (χ1) is 10.8. The molecule has 108 valence electrons. The summed E-state index contributed by atoms with van der Waals surface area (Å²) in [5.41, 5.74) is 3.34. The lowest BCUT2D eigenvalue weighted by molar-refractivity contribution is 1.08. The zero-order chi connectivity index (χ0) is 14.9. The van der Waals surface area contributed by atoms with Gasteiger partial charge in [-0.2, -0.15) is 5.10 Å². The van der Waals surface area contributed by atoms with Gasteiger partial charge in [-0.15, -0.1) is 0 Å². The molecule has 4 rings (SSSR count). The fourth-order valence-electron chi connectivity index (χ4n) is 2.18. The third-order valence-corrected chi connectivity index (χ3v) is 3.34. The number of aromatic amines is 2. The topological polar surface area (TPSA) is 95.2 Å². The number of H-pyrrole nitrogens is 2. The van der Waals surface area contributed by atoms with E-state index in [4.69, 9.17) is 11.6 Å². The lowest BCUT2D eigenvalue weighted by Gasteiger charge is -2.04. The van der Waals surface area contributed by atoms with Gasteiger partial charge in [0.05, 0.1) is 22.9 Å². The molecule has 8 heteroatoms. The number of imidazole rings is 1. The Morgan fingerprint density at radius 3 is 2.86 bits per heavy atom. The van der Waals surface area contributed by atoms with Crippen molar-refractivity contribution in [1.29, 1.82) is 0 Å². The van der Waals surface area contributed by atoms with Crippen molar-refractivity contribution in [2.24, 2.45) is 0 Å². The number of benzene rings is 1. The van der Waals surface area contributed by atoms with Crippen LogP contribution in [0.5, 0.6) is 0 Å². The highest BCUT2D eigenvalue weighted by atomic mass is 35.5. The Balaban J connectivity index is 1.73. The highest BCUT2D eigenvalue weighted by molar-refractivity contribution is 6.28. The third kappa shape index (κ3) is 2.27. The van der Waals surface area contributed by atoms with Crippen LogP contribution in [0.25, 0.3) is 22.6 Å². The molecule has 3 aromatic heterocycles. The van der Waals surface area contributed by atoms with Gasteiger partial charge < -0.3 is 10.3 Å². The van der Waals surface area contributed by atoms with Crippen LogP contribution in [0.4, 0.5) is 11.5 Å². The van der Waals surface area contributed by atoms with Crippen LogP contribution in [0.1, 0.15) is 0 Å². The zero-order valence-electron chi connectivity index (χ0n) is 11.2. The van der Waals surface area contributed by atoms with Crippen LogP contribution in [0.15, 0.2) is 42.7 Å². The molecular formula is C14H10ClN7. The molecule has 0 aliphatic heterocycles. The second kappa shape index (κ2) is 5.12. The lowest BCUT2D eigenvalue weighted by atomic mass is 10.3. The Hall–Kier alpha value is -2.93. The Bertz CT molecular complexity index is 910. The van der Waals surface area contributed by atoms with Crippen LogP contribution in [-0.4, -0.2) is 30.1 Å². The maximum absolute atomic E-state index is 5.79. The van der Waals surface area contributed by atoms with Gasteiger partial charge in [-0.25, -0.2) is 15.0 Å². The number of anilines is 2. The molecule has 7 nitrogen and oxygen atoms in total. The Kier molecular flexibility index (Phi) is 2.97. The number of halogens is 1. The first-order valence-electron chi connectivity index (χ1n) is 6.54. The quantitative estimate of drug-likeness (QED) is 0.505. The van der Waals surface area contributed by atoms with Crippen LogP contribution in [0.2, 0.25) is 5.28 Å². The van der Waals surface area contributed by atoms with E-state index in [1.807, 2.05) is 24.3 Å². The number of fused-ring (bicyclic) bond motifs is 1. The van der Waals surface area contributed by atoms with Crippen LogP contribution >= 0.6 is 11.6 Å². The van der Waals surface area contributed by atoms with E-state index in [1.165, 1.54) is 0 Å². The molecule has 0 atom stereocenters. The van der Waals surface area contributed by atoms with Crippen molar-refractivity contribution < 1.29 is 0 Å². The van der Waals surface area contributed by atoms with Gasteiger partial charge in [-0.3, -0.25) is 5.10 Å². The van der Waals surface area contributed by atoms with Gasteiger partial charge >= 0.3 is 0 Å². The number of hydrogen-bond acceptors (Lipinski definition) is 5. The largest absolute Gasteiger partial charge is 0.337 e. The van der Waals surface area contributed by atoms with E-state index in [0.717, 1.165) is 22.4 Å². The summed E-state index contributed by atoms with van der Waals surface area (Å²) in [5, 5.41) is 10.3. The molecule has 0 unspecified atom stereocenters. The molecule has 22 heavy (non-hydrogen) atoms. The van der Waals surface area contributed by atoms with Crippen molar-refractivity contribution in [3.8, 4) is 11.5 Å². The molecule has 0 amide bonds. The van der Waals surface area contributed by atoms with Gasteiger partial charge in [0.15, 0.2) is 5.82 Å². The van der Waals surface area contributed by atoms with Crippen molar-refractivity contribution in [2.75, 3.05) is 5.32 Å². The van der Waals surface area contributed by atoms with E-state index in [9.17, 15) is 0 Å². The van der Waals surface area contributed by atoms with E-state index in [1.54, 1.807) is 18.5 Å². The lowest BCUT2D eigenvalue weighted by Crippen LogP contribution is -1.95.